The predicted molar refractivity (Wildman–Crippen MR) is 116 cm³/mol. The molecule has 0 aliphatic heterocycles. The Hall–Kier alpha value is -2.19. The summed E-state index contributed by atoms with van der Waals surface area (Å²) in [6.45, 7) is 1.27. The molecule has 2 amide bonds. The summed E-state index contributed by atoms with van der Waals surface area (Å²) in [5.41, 5.74) is 2.81. The van der Waals surface area contributed by atoms with Gasteiger partial charge in [0, 0.05) is 15.0 Å². The second-order valence-electron chi connectivity index (χ2n) is 6.98. The van der Waals surface area contributed by atoms with Crippen LogP contribution >= 0.6 is 27.3 Å². The number of amides is 2. The Labute approximate surface area is 182 Å². The first kappa shape index (κ1) is 21.5. The van der Waals surface area contributed by atoms with Crippen LogP contribution in [-0.2, 0) is 27.2 Å². The quantitative estimate of drug-likeness (QED) is 0.485. The van der Waals surface area contributed by atoms with E-state index >= 15 is 0 Å². The molecular formula is C21H23BrN2O4S. The summed E-state index contributed by atoms with van der Waals surface area (Å²) < 4.78 is 6.03. The summed E-state index contributed by atoms with van der Waals surface area (Å²) in [5.74, 6) is -1.36. The van der Waals surface area contributed by atoms with Crippen molar-refractivity contribution >= 4 is 50.7 Å². The summed E-state index contributed by atoms with van der Waals surface area (Å²) in [6, 6.07) is 7.38. The summed E-state index contributed by atoms with van der Waals surface area (Å²) in [6.07, 6.45) is 5.50. The van der Waals surface area contributed by atoms with Gasteiger partial charge >= 0.3 is 5.97 Å². The SMILES string of the molecule is Cc1cc(Br)ccc1NC(=O)CNC(=O)COC(=O)c1cc2c(s1)CCCCC2. The molecule has 1 aromatic heterocycles. The number of aryl methyl sites for hydroxylation is 3. The predicted octanol–water partition coefficient (Wildman–Crippen LogP) is 4.00. The molecule has 1 aliphatic rings. The Balaban J connectivity index is 1.42. The van der Waals surface area contributed by atoms with Gasteiger partial charge in [0.15, 0.2) is 6.61 Å². The van der Waals surface area contributed by atoms with Gasteiger partial charge in [-0.25, -0.2) is 4.79 Å². The molecule has 1 aliphatic carbocycles. The number of thiophene rings is 1. The molecule has 29 heavy (non-hydrogen) atoms. The van der Waals surface area contributed by atoms with Gasteiger partial charge in [-0.1, -0.05) is 22.4 Å². The van der Waals surface area contributed by atoms with E-state index in [9.17, 15) is 14.4 Å². The fraction of sp³-hybridized carbons (Fsp3) is 0.381. The number of hydrogen-bond donors (Lipinski definition) is 2. The fourth-order valence-electron chi connectivity index (χ4n) is 3.16. The zero-order chi connectivity index (χ0) is 20.8. The van der Waals surface area contributed by atoms with Gasteiger partial charge in [-0.2, -0.15) is 0 Å². The van der Waals surface area contributed by atoms with Crippen LogP contribution in [0.2, 0.25) is 0 Å². The van der Waals surface area contributed by atoms with Gasteiger partial charge < -0.3 is 15.4 Å². The van der Waals surface area contributed by atoms with Crippen LogP contribution in [0.5, 0.6) is 0 Å². The number of benzene rings is 1. The first-order valence-electron chi connectivity index (χ1n) is 9.54. The average Bonchev–Trinajstić information content (AvgIpc) is 2.97. The first-order valence-corrected chi connectivity index (χ1v) is 11.1. The van der Waals surface area contributed by atoms with Crippen LogP contribution in [0.1, 0.15) is 44.9 Å². The Morgan fingerprint density at radius 2 is 1.90 bits per heavy atom. The maximum atomic E-state index is 12.2. The molecule has 1 heterocycles. The Morgan fingerprint density at radius 3 is 2.69 bits per heavy atom. The minimum Gasteiger partial charge on any atom is -0.451 e. The number of fused-ring (bicyclic) bond motifs is 1. The van der Waals surface area contributed by atoms with Crippen molar-refractivity contribution in [3.63, 3.8) is 0 Å². The zero-order valence-corrected chi connectivity index (χ0v) is 18.6. The number of anilines is 1. The lowest BCUT2D eigenvalue weighted by molar-refractivity contribution is -0.126. The van der Waals surface area contributed by atoms with Crippen LogP contribution in [0, 0.1) is 6.92 Å². The van der Waals surface area contributed by atoms with E-state index in [4.69, 9.17) is 4.74 Å². The van der Waals surface area contributed by atoms with Crippen molar-refractivity contribution in [1.82, 2.24) is 5.32 Å². The number of nitrogens with one attached hydrogen (secondary N) is 2. The summed E-state index contributed by atoms with van der Waals surface area (Å²) in [7, 11) is 0. The minimum atomic E-state index is -0.515. The van der Waals surface area contributed by atoms with Gasteiger partial charge in [-0.15, -0.1) is 11.3 Å². The number of halogens is 1. The number of hydrogen-bond acceptors (Lipinski definition) is 5. The van der Waals surface area contributed by atoms with Crippen molar-refractivity contribution < 1.29 is 19.1 Å². The molecule has 0 saturated carbocycles. The Morgan fingerprint density at radius 1 is 1.10 bits per heavy atom. The minimum absolute atomic E-state index is 0.195. The van der Waals surface area contributed by atoms with Crippen LogP contribution in [0.4, 0.5) is 5.69 Å². The van der Waals surface area contributed by atoms with Crippen LogP contribution in [0.25, 0.3) is 0 Å². The highest BCUT2D eigenvalue weighted by molar-refractivity contribution is 9.10. The monoisotopic (exact) mass is 478 g/mol. The Bertz CT molecular complexity index is 902. The van der Waals surface area contributed by atoms with Crippen LogP contribution in [0.15, 0.2) is 28.7 Å². The molecule has 2 aromatic rings. The van der Waals surface area contributed by atoms with Crippen LogP contribution in [-0.4, -0.2) is 30.9 Å². The van der Waals surface area contributed by atoms with E-state index in [1.54, 1.807) is 6.07 Å². The molecule has 3 rings (SSSR count). The number of esters is 1. The molecule has 0 atom stereocenters. The molecule has 0 fully saturated rings. The third-order valence-corrected chi connectivity index (χ3v) is 6.40. The van der Waals surface area contributed by atoms with E-state index in [2.05, 4.69) is 26.6 Å². The van der Waals surface area contributed by atoms with Gasteiger partial charge in [0.1, 0.15) is 4.88 Å². The summed E-state index contributed by atoms with van der Waals surface area (Å²) in [4.78, 5) is 37.9. The van der Waals surface area contributed by atoms with E-state index in [1.807, 2.05) is 25.1 Å². The van der Waals surface area contributed by atoms with Crippen molar-refractivity contribution in [3.05, 3.63) is 49.6 Å². The number of ether oxygens (including phenoxy) is 1. The standard InChI is InChI=1S/C21H23BrN2O4S/c1-13-9-15(22)7-8-16(13)24-19(25)11-23-20(26)12-28-21(27)18-10-14-5-3-2-4-6-17(14)29-18/h7-10H,2-6,11-12H2,1H3,(H,23,26)(H,24,25). The molecule has 0 spiro atoms. The van der Waals surface area contributed by atoms with Crippen LogP contribution < -0.4 is 10.6 Å². The van der Waals surface area contributed by atoms with E-state index < -0.39 is 18.5 Å². The summed E-state index contributed by atoms with van der Waals surface area (Å²) >= 11 is 4.82. The zero-order valence-electron chi connectivity index (χ0n) is 16.2. The highest BCUT2D eigenvalue weighted by Crippen LogP contribution is 2.29. The van der Waals surface area contributed by atoms with Crippen LogP contribution in [0.3, 0.4) is 0 Å². The number of carbonyl (C=O) groups is 3. The third kappa shape index (κ3) is 6.14. The topological polar surface area (TPSA) is 84.5 Å². The molecule has 6 nitrogen and oxygen atoms in total. The molecule has 0 unspecified atom stereocenters. The van der Waals surface area contributed by atoms with Crippen molar-refractivity contribution in [2.45, 2.75) is 39.0 Å². The molecule has 8 heteroatoms. The highest BCUT2D eigenvalue weighted by Gasteiger charge is 2.18. The van der Waals surface area contributed by atoms with E-state index in [-0.39, 0.29) is 12.5 Å². The third-order valence-electron chi connectivity index (χ3n) is 4.69. The maximum absolute atomic E-state index is 12.2. The molecular weight excluding hydrogens is 456 g/mol. The maximum Gasteiger partial charge on any atom is 0.348 e. The second kappa shape index (κ2) is 10.0. The van der Waals surface area contributed by atoms with Crippen molar-refractivity contribution in [2.24, 2.45) is 0 Å². The van der Waals surface area contributed by atoms with Gasteiger partial charge in [-0.05, 0) is 68.0 Å². The molecule has 154 valence electrons. The van der Waals surface area contributed by atoms with Crippen molar-refractivity contribution in [1.29, 1.82) is 0 Å². The first-order chi connectivity index (χ1) is 13.9. The number of rotatable bonds is 6. The molecule has 0 bridgehead atoms. The lowest BCUT2D eigenvalue weighted by atomic mass is 10.1. The van der Waals surface area contributed by atoms with Gasteiger partial charge in [0.05, 0.1) is 6.54 Å². The largest absolute Gasteiger partial charge is 0.451 e. The lowest BCUT2D eigenvalue weighted by Crippen LogP contribution is -2.35. The second-order valence-corrected chi connectivity index (χ2v) is 9.03. The molecule has 1 aromatic carbocycles. The number of carbonyl (C=O) groups excluding carboxylic acids is 3. The van der Waals surface area contributed by atoms with Gasteiger partial charge in [-0.3, -0.25) is 9.59 Å². The normalized spacial score (nSPS) is 13.2. The van der Waals surface area contributed by atoms with E-state index in [1.165, 1.54) is 28.2 Å². The van der Waals surface area contributed by atoms with Gasteiger partial charge in [0.2, 0.25) is 5.91 Å². The molecule has 2 N–H and O–H groups in total. The molecule has 0 radical (unpaired) electrons. The molecule has 0 saturated heterocycles. The van der Waals surface area contributed by atoms with E-state index in [0.717, 1.165) is 35.7 Å². The highest BCUT2D eigenvalue weighted by atomic mass is 79.9. The Kier molecular flexibility index (Phi) is 7.44. The van der Waals surface area contributed by atoms with Crippen molar-refractivity contribution in [3.8, 4) is 0 Å². The lowest BCUT2D eigenvalue weighted by Gasteiger charge is -2.09. The smallest absolute Gasteiger partial charge is 0.348 e. The van der Waals surface area contributed by atoms with Crippen molar-refractivity contribution in [2.75, 3.05) is 18.5 Å². The summed E-state index contributed by atoms with van der Waals surface area (Å²) in [5, 5.41) is 5.20. The fourth-order valence-corrected chi connectivity index (χ4v) is 4.78. The van der Waals surface area contributed by atoms with E-state index in [0.29, 0.717) is 10.6 Å². The average molecular weight is 479 g/mol. The van der Waals surface area contributed by atoms with Gasteiger partial charge in [0.25, 0.3) is 5.91 Å².